The molecule has 1 rings (SSSR count). The van der Waals surface area contributed by atoms with Crippen LogP contribution in [-0.2, 0) is 14.3 Å². The lowest BCUT2D eigenvalue weighted by Gasteiger charge is -2.30. The zero-order valence-corrected chi connectivity index (χ0v) is 6.41. The number of methoxy groups -OCH3 is 1. The van der Waals surface area contributed by atoms with E-state index in [4.69, 9.17) is 9.47 Å². The van der Waals surface area contributed by atoms with E-state index in [2.05, 4.69) is 0 Å². The Hall–Kier alpha value is -0.610. The number of carboxylic acid groups (broad SMARTS) is 1. The lowest BCUT2D eigenvalue weighted by Crippen LogP contribution is -2.48. The molecular weight excluding hydrogens is 148 g/mol. The summed E-state index contributed by atoms with van der Waals surface area (Å²) in [7, 11) is 1.48. The molecule has 4 heteroatoms. The molecule has 0 spiro atoms. The average molecular weight is 159 g/mol. The average Bonchev–Trinajstić information content (AvgIpc) is 2.04. The molecule has 0 radical (unpaired) electrons. The Kier molecular flexibility index (Phi) is 2.84. The third-order valence-electron chi connectivity index (χ3n) is 1.80. The number of carbonyl (C=O) groups excluding carboxylic acids is 1. The first kappa shape index (κ1) is 8.49. The summed E-state index contributed by atoms with van der Waals surface area (Å²) < 4.78 is 9.88. The van der Waals surface area contributed by atoms with Crippen molar-refractivity contribution in [3.63, 3.8) is 0 Å². The number of aliphatic carboxylic acids is 1. The summed E-state index contributed by atoms with van der Waals surface area (Å²) in [6, 6.07) is 0. The maximum absolute atomic E-state index is 10.4. The summed E-state index contributed by atoms with van der Waals surface area (Å²) in [5, 5.41) is 10.4. The fourth-order valence-electron chi connectivity index (χ4n) is 1.21. The largest absolute Gasteiger partial charge is 0.547 e. The summed E-state index contributed by atoms with van der Waals surface area (Å²) in [6.07, 6.45) is 0.361. The van der Waals surface area contributed by atoms with E-state index in [1.54, 1.807) is 0 Å². The molecule has 1 fully saturated rings. The second kappa shape index (κ2) is 3.69. The van der Waals surface area contributed by atoms with Crippen molar-refractivity contribution in [2.75, 3.05) is 13.7 Å². The molecule has 0 aliphatic carbocycles. The van der Waals surface area contributed by atoms with Gasteiger partial charge in [-0.25, -0.2) is 0 Å². The van der Waals surface area contributed by atoms with Crippen LogP contribution in [0.5, 0.6) is 0 Å². The van der Waals surface area contributed by atoms with Crippen LogP contribution in [0, 0.1) is 0 Å². The molecule has 2 unspecified atom stereocenters. The Balaban J connectivity index is 2.51. The highest BCUT2D eigenvalue weighted by Gasteiger charge is 2.26. The molecule has 1 aliphatic rings. The molecule has 0 N–H and O–H groups in total. The SMILES string of the molecule is COC1CCCOC1C(=O)[O-]. The second-order valence-electron chi connectivity index (χ2n) is 2.53. The van der Waals surface area contributed by atoms with E-state index < -0.39 is 12.1 Å². The minimum absolute atomic E-state index is 0.339. The van der Waals surface area contributed by atoms with Crippen LogP contribution in [0.25, 0.3) is 0 Å². The Morgan fingerprint density at radius 3 is 2.91 bits per heavy atom. The molecule has 2 atom stereocenters. The normalized spacial score (nSPS) is 31.7. The Labute approximate surface area is 65.1 Å². The lowest BCUT2D eigenvalue weighted by molar-refractivity contribution is -0.322. The first-order valence-corrected chi connectivity index (χ1v) is 3.61. The van der Waals surface area contributed by atoms with Crippen LogP contribution < -0.4 is 5.11 Å². The van der Waals surface area contributed by atoms with Gasteiger partial charge in [0.2, 0.25) is 0 Å². The first-order chi connectivity index (χ1) is 5.25. The Morgan fingerprint density at radius 1 is 1.73 bits per heavy atom. The van der Waals surface area contributed by atoms with Gasteiger partial charge in [0.1, 0.15) is 6.10 Å². The highest BCUT2D eigenvalue weighted by molar-refractivity contribution is 5.70. The van der Waals surface area contributed by atoms with Gasteiger partial charge in [-0.15, -0.1) is 0 Å². The maximum Gasteiger partial charge on any atom is 0.123 e. The summed E-state index contributed by atoms with van der Waals surface area (Å²) in [6.45, 7) is 0.485. The summed E-state index contributed by atoms with van der Waals surface area (Å²) in [5.41, 5.74) is 0. The predicted octanol–water partition coefficient (Wildman–Crippen LogP) is -1.07. The van der Waals surface area contributed by atoms with Crippen molar-refractivity contribution in [3.8, 4) is 0 Å². The van der Waals surface area contributed by atoms with Crippen molar-refractivity contribution in [2.24, 2.45) is 0 Å². The molecule has 0 amide bonds. The van der Waals surface area contributed by atoms with E-state index in [0.29, 0.717) is 6.61 Å². The summed E-state index contributed by atoms with van der Waals surface area (Å²) in [5.74, 6) is -1.18. The van der Waals surface area contributed by atoms with Gasteiger partial charge in [-0.1, -0.05) is 0 Å². The van der Waals surface area contributed by atoms with Crippen molar-refractivity contribution < 1.29 is 19.4 Å². The molecule has 0 aromatic rings. The van der Waals surface area contributed by atoms with Crippen LogP contribution in [0.2, 0.25) is 0 Å². The number of rotatable bonds is 2. The number of carboxylic acids is 1. The van der Waals surface area contributed by atoms with Crippen molar-refractivity contribution in [1.29, 1.82) is 0 Å². The lowest BCUT2D eigenvalue weighted by atomic mass is 10.1. The fraction of sp³-hybridized carbons (Fsp3) is 0.857. The van der Waals surface area contributed by atoms with Crippen LogP contribution in [0.3, 0.4) is 0 Å². The van der Waals surface area contributed by atoms with Crippen LogP contribution in [0.1, 0.15) is 12.8 Å². The van der Waals surface area contributed by atoms with Gasteiger partial charge in [-0.3, -0.25) is 0 Å². The Bertz CT molecular complexity index is 145. The summed E-state index contributed by atoms with van der Waals surface area (Å²) in [4.78, 5) is 10.4. The molecule has 0 bridgehead atoms. The molecule has 11 heavy (non-hydrogen) atoms. The first-order valence-electron chi connectivity index (χ1n) is 3.61. The van der Waals surface area contributed by atoms with E-state index in [9.17, 15) is 9.90 Å². The van der Waals surface area contributed by atoms with E-state index in [-0.39, 0.29) is 6.10 Å². The zero-order chi connectivity index (χ0) is 8.27. The number of ether oxygens (including phenoxy) is 2. The topological polar surface area (TPSA) is 58.6 Å². The third kappa shape index (κ3) is 1.91. The van der Waals surface area contributed by atoms with Gasteiger partial charge in [0, 0.05) is 13.7 Å². The van der Waals surface area contributed by atoms with Crippen LogP contribution in [0.15, 0.2) is 0 Å². The van der Waals surface area contributed by atoms with Gasteiger partial charge in [-0.05, 0) is 12.8 Å². The molecular formula is C7H11O4-. The molecule has 0 aromatic carbocycles. The minimum Gasteiger partial charge on any atom is -0.547 e. The van der Waals surface area contributed by atoms with Crippen molar-refractivity contribution in [2.45, 2.75) is 25.0 Å². The van der Waals surface area contributed by atoms with Gasteiger partial charge >= 0.3 is 0 Å². The highest BCUT2D eigenvalue weighted by Crippen LogP contribution is 2.15. The Morgan fingerprint density at radius 2 is 2.45 bits per heavy atom. The van der Waals surface area contributed by atoms with Gasteiger partial charge in [-0.2, -0.15) is 0 Å². The minimum atomic E-state index is -1.18. The second-order valence-corrected chi connectivity index (χ2v) is 2.53. The van der Waals surface area contributed by atoms with Crippen LogP contribution in [-0.4, -0.2) is 31.9 Å². The maximum atomic E-state index is 10.4. The predicted molar refractivity (Wildman–Crippen MR) is 34.8 cm³/mol. The van der Waals surface area contributed by atoms with Crippen LogP contribution in [0.4, 0.5) is 0 Å². The molecule has 0 saturated carbocycles. The van der Waals surface area contributed by atoms with Crippen molar-refractivity contribution >= 4 is 5.97 Å². The molecule has 64 valence electrons. The number of hydrogen-bond acceptors (Lipinski definition) is 4. The van der Waals surface area contributed by atoms with E-state index in [1.807, 2.05) is 0 Å². The summed E-state index contributed by atoms with van der Waals surface area (Å²) >= 11 is 0. The van der Waals surface area contributed by atoms with Crippen LogP contribution >= 0.6 is 0 Å². The monoisotopic (exact) mass is 159 g/mol. The van der Waals surface area contributed by atoms with Gasteiger partial charge in [0.25, 0.3) is 0 Å². The molecule has 1 saturated heterocycles. The van der Waals surface area contributed by atoms with Gasteiger partial charge in [0.15, 0.2) is 0 Å². The fourth-order valence-corrected chi connectivity index (χ4v) is 1.21. The molecule has 1 heterocycles. The molecule has 0 aromatic heterocycles. The highest BCUT2D eigenvalue weighted by atomic mass is 16.6. The third-order valence-corrected chi connectivity index (χ3v) is 1.80. The molecule has 1 aliphatic heterocycles. The quantitative estimate of drug-likeness (QED) is 0.514. The van der Waals surface area contributed by atoms with E-state index >= 15 is 0 Å². The standard InChI is InChI=1S/C7H12O4/c1-10-5-3-2-4-11-6(5)7(8)9/h5-6H,2-4H2,1H3,(H,8,9)/p-1. The van der Waals surface area contributed by atoms with Gasteiger partial charge < -0.3 is 19.4 Å². The van der Waals surface area contributed by atoms with Crippen molar-refractivity contribution in [1.82, 2.24) is 0 Å². The van der Waals surface area contributed by atoms with E-state index in [0.717, 1.165) is 12.8 Å². The van der Waals surface area contributed by atoms with Gasteiger partial charge in [0.05, 0.1) is 12.1 Å². The van der Waals surface area contributed by atoms with E-state index in [1.165, 1.54) is 7.11 Å². The smallest absolute Gasteiger partial charge is 0.123 e. The zero-order valence-electron chi connectivity index (χ0n) is 6.41. The molecule has 4 nitrogen and oxygen atoms in total. The number of hydrogen-bond donors (Lipinski definition) is 0. The van der Waals surface area contributed by atoms with Crippen molar-refractivity contribution in [3.05, 3.63) is 0 Å². The number of carbonyl (C=O) groups is 1.